The third kappa shape index (κ3) is 2.24. The van der Waals surface area contributed by atoms with Crippen LogP contribution in [0.4, 0.5) is 0 Å². The van der Waals surface area contributed by atoms with E-state index in [9.17, 15) is 4.79 Å². The summed E-state index contributed by atoms with van der Waals surface area (Å²) in [6, 6.07) is 13.0. The quantitative estimate of drug-likeness (QED) is 0.946. The van der Waals surface area contributed by atoms with E-state index >= 15 is 0 Å². The minimum absolute atomic E-state index is 0.461. The van der Waals surface area contributed by atoms with Gasteiger partial charge in [0.2, 0.25) is 5.91 Å². The van der Waals surface area contributed by atoms with E-state index in [1.165, 1.54) is 0 Å². The summed E-state index contributed by atoms with van der Waals surface area (Å²) in [4.78, 5) is 11.5. The first-order valence-corrected chi connectivity index (χ1v) is 6.16. The molecule has 0 aliphatic rings. The first-order valence-electron chi connectivity index (χ1n) is 5.37. The smallest absolute Gasteiger partial charge is 0.249 e. The zero-order valence-corrected chi connectivity index (χ0v) is 11.4. The second kappa shape index (κ2) is 5.23. The van der Waals surface area contributed by atoms with Gasteiger partial charge in [-0.05, 0) is 33.6 Å². The topological polar surface area (TPSA) is 52.3 Å². The Morgan fingerprint density at radius 1 is 1.17 bits per heavy atom. The van der Waals surface area contributed by atoms with Crippen LogP contribution in [0.25, 0.3) is 11.1 Å². The van der Waals surface area contributed by atoms with Crippen molar-refractivity contribution < 1.29 is 9.53 Å². The lowest BCUT2D eigenvalue weighted by Gasteiger charge is -2.13. The molecule has 0 unspecified atom stereocenters. The summed E-state index contributed by atoms with van der Waals surface area (Å²) in [5.41, 5.74) is 7.54. The first-order chi connectivity index (χ1) is 8.65. The molecule has 0 fully saturated rings. The molecule has 0 aliphatic heterocycles. The predicted molar refractivity (Wildman–Crippen MR) is 74.6 cm³/mol. The highest BCUT2D eigenvalue weighted by molar-refractivity contribution is 9.10. The second-order valence-electron chi connectivity index (χ2n) is 3.73. The second-order valence-corrected chi connectivity index (χ2v) is 4.53. The Bertz CT molecular complexity index is 582. The summed E-state index contributed by atoms with van der Waals surface area (Å²) >= 11 is 3.46. The third-order valence-electron chi connectivity index (χ3n) is 2.65. The Labute approximate surface area is 114 Å². The molecule has 2 N–H and O–H groups in total. The molecular weight excluding hydrogens is 294 g/mol. The summed E-state index contributed by atoms with van der Waals surface area (Å²) in [6.07, 6.45) is 0. The highest BCUT2D eigenvalue weighted by Crippen LogP contribution is 2.38. The lowest BCUT2D eigenvalue weighted by molar-refractivity contribution is 0.100. The molecule has 0 bridgehead atoms. The number of primary amides is 1. The number of hydrogen-bond acceptors (Lipinski definition) is 2. The summed E-state index contributed by atoms with van der Waals surface area (Å²) in [5, 5.41) is 0. The lowest BCUT2D eigenvalue weighted by Crippen LogP contribution is -2.12. The summed E-state index contributed by atoms with van der Waals surface area (Å²) < 4.78 is 5.97. The number of methoxy groups -OCH3 is 1. The molecule has 2 rings (SSSR count). The van der Waals surface area contributed by atoms with Gasteiger partial charge in [-0.25, -0.2) is 0 Å². The van der Waals surface area contributed by atoms with Gasteiger partial charge in [0.1, 0.15) is 5.75 Å². The van der Waals surface area contributed by atoms with Crippen molar-refractivity contribution in [2.45, 2.75) is 0 Å². The molecule has 2 aromatic carbocycles. The van der Waals surface area contributed by atoms with Crippen molar-refractivity contribution in [3.63, 3.8) is 0 Å². The fraction of sp³-hybridized carbons (Fsp3) is 0.0714. The molecule has 0 aromatic heterocycles. The van der Waals surface area contributed by atoms with Crippen LogP contribution in [0.1, 0.15) is 10.4 Å². The van der Waals surface area contributed by atoms with Gasteiger partial charge in [-0.15, -0.1) is 0 Å². The number of amides is 1. The lowest BCUT2D eigenvalue weighted by atomic mass is 9.99. The molecular formula is C14H12BrNO2. The van der Waals surface area contributed by atoms with E-state index in [4.69, 9.17) is 10.5 Å². The summed E-state index contributed by atoms with van der Waals surface area (Å²) in [7, 11) is 1.58. The molecule has 92 valence electrons. The minimum atomic E-state index is -0.461. The van der Waals surface area contributed by atoms with Gasteiger partial charge in [0, 0.05) is 11.1 Å². The summed E-state index contributed by atoms with van der Waals surface area (Å²) in [6.45, 7) is 0. The van der Waals surface area contributed by atoms with Crippen LogP contribution in [0.3, 0.4) is 0 Å². The summed E-state index contributed by atoms with van der Waals surface area (Å²) in [5.74, 6) is 0.205. The van der Waals surface area contributed by atoms with Crippen LogP contribution in [-0.2, 0) is 0 Å². The van der Waals surface area contributed by atoms with Gasteiger partial charge in [0.25, 0.3) is 0 Å². The monoisotopic (exact) mass is 305 g/mol. The first kappa shape index (κ1) is 12.6. The van der Waals surface area contributed by atoms with Crippen molar-refractivity contribution in [1.82, 2.24) is 0 Å². The Kier molecular flexibility index (Phi) is 3.67. The van der Waals surface area contributed by atoms with Crippen LogP contribution in [0.2, 0.25) is 0 Å². The SMILES string of the molecule is COc1ccc(C(N)=O)c(-c2ccccc2)c1Br. The van der Waals surface area contributed by atoms with Gasteiger partial charge in [-0.2, -0.15) is 0 Å². The maximum absolute atomic E-state index is 11.5. The Hall–Kier alpha value is -1.81. The number of carbonyl (C=O) groups excluding carboxylic acids is 1. The van der Waals surface area contributed by atoms with Crippen LogP contribution in [0.15, 0.2) is 46.9 Å². The van der Waals surface area contributed by atoms with E-state index in [2.05, 4.69) is 15.9 Å². The Morgan fingerprint density at radius 2 is 1.83 bits per heavy atom. The number of hydrogen-bond donors (Lipinski definition) is 1. The number of nitrogens with two attached hydrogens (primary N) is 1. The van der Waals surface area contributed by atoms with Gasteiger partial charge in [0.05, 0.1) is 11.6 Å². The third-order valence-corrected chi connectivity index (χ3v) is 3.44. The molecule has 18 heavy (non-hydrogen) atoms. The molecule has 4 heteroatoms. The van der Waals surface area contributed by atoms with Gasteiger partial charge >= 0.3 is 0 Å². The molecule has 0 heterocycles. The molecule has 0 atom stereocenters. The molecule has 0 radical (unpaired) electrons. The molecule has 2 aromatic rings. The van der Waals surface area contributed by atoms with E-state index in [1.54, 1.807) is 19.2 Å². The Morgan fingerprint density at radius 3 is 2.39 bits per heavy atom. The zero-order chi connectivity index (χ0) is 13.1. The van der Waals surface area contributed by atoms with Crippen molar-refractivity contribution >= 4 is 21.8 Å². The predicted octanol–water partition coefficient (Wildman–Crippen LogP) is 3.22. The fourth-order valence-electron chi connectivity index (χ4n) is 1.81. The highest BCUT2D eigenvalue weighted by Gasteiger charge is 2.16. The van der Waals surface area contributed by atoms with E-state index in [0.717, 1.165) is 15.6 Å². The van der Waals surface area contributed by atoms with Crippen molar-refractivity contribution in [3.8, 4) is 16.9 Å². The fourth-order valence-corrected chi connectivity index (χ4v) is 2.54. The van der Waals surface area contributed by atoms with Gasteiger partial charge in [0.15, 0.2) is 0 Å². The molecule has 0 saturated carbocycles. The maximum Gasteiger partial charge on any atom is 0.249 e. The number of halogens is 1. The van der Waals surface area contributed by atoms with Crippen molar-refractivity contribution in [3.05, 3.63) is 52.5 Å². The molecule has 0 aliphatic carbocycles. The molecule has 0 spiro atoms. The van der Waals surface area contributed by atoms with E-state index in [-0.39, 0.29) is 0 Å². The van der Waals surface area contributed by atoms with Crippen molar-refractivity contribution in [2.24, 2.45) is 5.73 Å². The van der Waals surface area contributed by atoms with Crippen LogP contribution >= 0.6 is 15.9 Å². The minimum Gasteiger partial charge on any atom is -0.496 e. The number of benzene rings is 2. The van der Waals surface area contributed by atoms with Crippen LogP contribution in [0, 0.1) is 0 Å². The number of rotatable bonds is 3. The normalized spacial score (nSPS) is 10.1. The largest absolute Gasteiger partial charge is 0.496 e. The maximum atomic E-state index is 11.5. The average molecular weight is 306 g/mol. The van der Waals surface area contributed by atoms with Crippen LogP contribution in [-0.4, -0.2) is 13.0 Å². The number of ether oxygens (including phenoxy) is 1. The van der Waals surface area contributed by atoms with Gasteiger partial charge < -0.3 is 10.5 Å². The number of carbonyl (C=O) groups is 1. The van der Waals surface area contributed by atoms with E-state index in [0.29, 0.717) is 11.3 Å². The van der Waals surface area contributed by atoms with Crippen molar-refractivity contribution in [1.29, 1.82) is 0 Å². The van der Waals surface area contributed by atoms with Gasteiger partial charge in [-0.3, -0.25) is 4.79 Å². The van der Waals surface area contributed by atoms with Crippen LogP contribution < -0.4 is 10.5 Å². The van der Waals surface area contributed by atoms with E-state index in [1.807, 2.05) is 30.3 Å². The standard InChI is InChI=1S/C14H12BrNO2/c1-18-11-8-7-10(14(16)17)12(13(11)15)9-5-3-2-4-6-9/h2-8H,1H3,(H2,16,17). The molecule has 1 amide bonds. The Balaban J connectivity index is 2.73. The van der Waals surface area contributed by atoms with Gasteiger partial charge in [-0.1, -0.05) is 30.3 Å². The average Bonchev–Trinajstić information content (AvgIpc) is 2.39. The molecule has 0 saturated heterocycles. The zero-order valence-electron chi connectivity index (χ0n) is 9.81. The van der Waals surface area contributed by atoms with E-state index < -0.39 is 5.91 Å². The molecule has 3 nitrogen and oxygen atoms in total. The highest BCUT2D eigenvalue weighted by atomic mass is 79.9. The van der Waals surface area contributed by atoms with Crippen molar-refractivity contribution in [2.75, 3.05) is 7.11 Å². The van der Waals surface area contributed by atoms with Crippen LogP contribution in [0.5, 0.6) is 5.75 Å².